The van der Waals surface area contributed by atoms with Crippen LogP contribution < -0.4 is 0 Å². The van der Waals surface area contributed by atoms with E-state index in [0.29, 0.717) is 12.1 Å². The molecule has 2 nitrogen and oxygen atoms in total. The Hall–Kier alpha value is -1.59. The Morgan fingerprint density at radius 1 is 1.33 bits per heavy atom. The van der Waals surface area contributed by atoms with Crippen molar-refractivity contribution in [3.05, 3.63) is 29.1 Å². The van der Waals surface area contributed by atoms with E-state index in [0.717, 1.165) is 6.92 Å². The van der Waals surface area contributed by atoms with Crippen molar-refractivity contribution in [1.82, 2.24) is 0 Å². The van der Waals surface area contributed by atoms with Gasteiger partial charge in [0.1, 0.15) is 5.56 Å². The minimum absolute atomic E-state index is 0.467. The lowest BCUT2D eigenvalue weighted by atomic mass is 10.1. The van der Waals surface area contributed by atoms with E-state index in [-0.39, 0.29) is 0 Å². The van der Waals surface area contributed by atoms with Crippen LogP contribution in [0.5, 0.6) is 5.75 Å². The number of rotatable bonds is 1. The van der Waals surface area contributed by atoms with Gasteiger partial charge in [0.05, 0.1) is 5.56 Å². The third-order valence-corrected chi connectivity index (χ3v) is 1.80. The summed E-state index contributed by atoms with van der Waals surface area (Å²) >= 11 is 0. The van der Waals surface area contributed by atoms with Gasteiger partial charge < -0.3 is 5.11 Å². The third-order valence-electron chi connectivity index (χ3n) is 1.80. The molecule has 0 amide bonds. The molecular weight excluding hydrogens is 216 g/mol. The lowest BCUT2D eigenvalue weighted by Gasteiger charge is -2.10. The fourth-order valence-corrected chi connectivity index (χ4v) is 1.07. The van der Waals surface area contributed by atoms with Crippen molar-refractivity contribution in [3.8, 4) is 5.75 Å². The zero-order valence-corrected chi connectivity index (χ0v) is 7.52. The van der Waals surface area contributed by atoms with Crippen molar-refractivity contribution in [2.24, 2.45) is 0 Å². The van der Waals surface area contributed by atoms with Crippen LogP contribution in [0.3, 0.4) is 0 Å². The average molecular weight is 222 g/mol. The molecule has 0 bridgehead atoms. The lowest BCUT2D eigenvalue weighted by molar-refractivity contribution is -0.139. The molecule has 82 valence electrons. The van der Waals surface area contributed by atoms with Crippen LogP contribution in [0.4, 0.5) is 17.6 Å². The Morgan fingerprint density at radius 3 is 2.27 bits per heavy atom. The van der Waals surface area contributed by atoms with Gasteiger partial charge in [-0.15, -0.1) is 0 Å². The van der Waals surface area contributed by atoms with E-state index in [2.05, 4.69) is 0 Å². The van der Waals surface area contributed by atoms with Crippen LogP contribution in [0, 0.1) is 5.82 Å². The lowest BCUT2D eigenvalue weighted by Crippen LogP contribution is -2.08. The quantitative estimate of drug-likeness (QED) is 0.586. The highest BCUT2D eigenvalue weighted by Crippen LogP contribution is 2.37. The van der Waals surface area contributed by atoms with Crippen LogP contribution >= 0.6 is 0 Å². The van der Waals surface area contributed by atoms with E-state index in [9.17, 15) is 22.4 Å². The summed E-state index contributed by atoms with van der Waals surface area (Å²) in [5.41, 5.74) is -2.06. The Morgan fingerprint density at radius 2 is 1.87 bits per heavy atom. The highest BCUT2D eigenvalue weighted by molar-refractivity contribution is 5.94. The molecule has 0 heterocycles. The van der Waals surface area contributed by atoms with Crippen LogP contribution in [0.2, 0.25) is 0 Å². The first-order valence-electron chi connectivity index (χ1n) is 3.84. The van der Waals surface area contributed by atoms with Gasteiger partial charge in [-0.3, -0.25) is 4.79 Å². The average Bonchev–Trinajstić information content (AvgIpc) is 2.06. The second-order valence-electron chi connectivity index (χ2n) is 2.88. The first kappa shape index (κ1) is 11.5. The molecule has 1 aromatic carbocycles. The van der Waals surface area contributed by atoms with Crippen LogP contribution in [0.1, 0.15) is 22.8 Å². The largest absolute Gasteiger partial charge is 0.504 e. The molecule has 0 aliphatic heterocycles. The molecule has 0 unspecified atom stereocenters. The molecule has 0 saturated carbocycles. The topological polar surface area (TPSA) is 37.3 Å². The van der Waals surface area contributed by atoms with Gasteiger partial charge in [-0.25, -0.2) is 4.39 Å². The number of phenols is 1. The van der Waals surface area contributed by atoms with Crippen LogP contribution in [0.15, 0.2) is 12.1 Å². The molecule has 0 aromatic heterocycles. The Kier molecular flexibility index (Phi) is 2.70. The van der Waals surface area contributed by atoms with Gasteiger partial charge in [0.15, 0.2) is 17.3 Å². The number of ketones is 1. The first-order chi connectivity index (χ1) is 6.75. The molecule has 0 fully saturated rings. The Labute approximate surface area is 82.1 Å². The van der Waals surface area contributed by atoms with Crippen LogP contribution in [0.25, 0.3) is 0 Å². The number of benzene rings is 1. The van der Waals surface area contributed by atoms with E-state index in [1.54, 1.807) is 0 Å². The molecule has 0 atom stereocenters. The predicted octanol–water partition coefficient (Wildman–Crippen LogP) is 2.75. The van der Waals surface area contributed by atoms with E-state index in [1.807, 2.05) is 0 Å². The maximum Gasteiger partial charge on any atom is 0.420 e. The number of carbonyl (C=O) groups is 1. The number of Topliss-reactive ketones (excluding diaryl/α,β-unsaturated/α-hetero) is 1. The number of aromatic hydroxyl groups is 1. The second-order valence-corrected chi connectivity index (χ2v) is 2.88. The van der Waals surface area contributed by atoms with Crippen molar-refractivity contribution in [2.45, 2.75) is 13.1 Å². The number of carbonyl (C=O) groups excluding carboxylic acids is 1. The van der Waals surface area contributed by atoms with Crippen LogP contribution in [-0.2, 0) is 6.18 Å². The molecule has 15 heavy (non-hydrogen) atoms. The zero-order valence-electron chi connectivity index (χ0n) is 7.52. The summed E-state index contributed by atoms with van der Waals surface area (Å²) in [6.45, 7) is 0.991. The monoisotopic (exact) mass is 222 g/mol. The number of phenolic OH excluding ortho intramolecular Hbond substituents is 1. The number of halogens is 4. The predicted molar refractivity (Wildman–Crippen MR) is 43.1 cm³/mol. The van der Waals surface area contributed by atoms with E-state index in [4.69, 9.17) is 5.11 Å². The van der Waals surface area contributed by atoms with Crippen molar-refractivity contribution in [1.29, 1.82) is 0 Å². The van der Waals surface area contributed by atoms with Crippen molar-refractivity contribution < 1.29 is 27.5 Å². The maximum absolute atomic E-state index is 13.1. The SMILES string of the molecule is CC(=O)c1ccc(C(F)(F)F)c(O)c1F. The van der Waals surface area contributed by atoms with E-state index < -0.39 is 34.7 Å². The van der Waals surface area contributed by atoms with Crippen molar-refractivity contribution in [3.63, 3.8) is 0 Å². The van der Waals surface area contributed by atoms with E-state index >= 15 is 0 Å². The number of hydrogen-bond acceptors (Lipinski definition) is 2. The molecule has 1 aromatic rings. The third kappa shape index (κ3) is 2.08. The molecule has 0 aliphatic rings. The number of hydrogen-bond donors (Lipinski definition) is 1. The van der Waals surface area contributed by atoms with Crippen molar-refractivity contribution in [2.75, 3.05) is 0 Å². The minimum atomic E-state index is -4.85. The maximum atomic E-state index is 13.1. The molecule has 1 rings (SSSR count). The first-order valence-corrected chi connectivity index (χ1v) is 3.84. The van der Waals surface area contributed by atoms with Crippen LogP contribution in [-0.4, -0.2) is 10.9 Å². The van der Waals surface area contributed by atoms with Gasteiger partial charge in [-0.1, -0.05) is 0 Å². The molecule has 0 saturated heterocycles. The smallest absolute Gasteiger partial charge is 0.420 e. The fourth-order valence-electron chi connectivity index (χ4n) is 1.07. The standard InChI is InChI=1S/C9H6F4O2/c1-4(14)5-2-3-6(9(11,12)13)8(15)7(5)10/h2-3,15H,1H3. The van der Waals surface area contributed by atoms with Gasteiger partial charge in [0, 0.05) is 0 Å². The summed E-state index contributed by atoms with van der Waals surface area (Å²) < 4.78 is 49.5. The summed E-state index contributed by atoms with van der Waals surface area (Å²) in [6.07, 6.45) is -4.85. The van der Waals surface area contributed by atoms with Gasteiger partial charge in [0.25, 0.3) is 0 Å². The van der Waals surface area contributed by atoms with Gasteiger partial charge in [-0.2, -0.15) is 13.2 Å². The molecule has 0 spiro atoms. The van der Waals surface area contributed by atoms with Gasteiger partial charge in [-0.05, 0) is 19.1 Å². The van der Waals surface area contributed by atoms with E-state index in [1.165, 1.54) is 0 Å². The summed E-state index contributed by atoms with van der Waals surface area (Å²) in [6, 6.07) is 1.16. The minimum Gasteiger partial charge on any atom is -0.504 e. The molecule has 6 heteroatoms. The highest BCUT2D eigenvalue weighted by Gasteiger charge is 2.35. The Balaban J connectivity index is 3.41. The summed E-state index contributed by atoms with van der Waals surface area (Å²) in [5, 5.41) is 8.92. The summed E-state index contributed by atoms with van der Waals surface area (Å²) in [7, 11) is 0. The van der Waals surface area contributed by atoms with Gasteiger partial charge in [0.2, 0.25) is 0 Å². The van der Waals surface area contributed by atoms with Gasteiger partial charge >= 0.3 is 6.18 Å². The molecule has 0 radical (unpaired) electrons. The fraction of sp³-hybridized carbons (Fsp3) is 0.222. The summed E-state index contributed by atoms with van der Waals surface area (Å²) in [4.78, 5) is 10.7. The summed E-state index contributed by atoms with van der Waals surface area (Å²) in [5.74, 6) is -3.84. The normalized spacial score (nSPS) is 11.5. The van der Waals surface area contributed by atoms with Crippen molar-refractivity contribution >= 4 is 5.78 Å². The molecule has 1 N–H and O–H groups in total. The Bertz CT molecular complexity index is 409. The molecule has 0 aliphatic carbocycles. The number of alkyl halides is 3. The highest BCUT2D eigenvalue weighted by atomic mass is 19.4. The second kappa shape index (κ2) is 3.52. The zero-order chi connectivity index (χ0) is 11.8. The molecular formula is C9H6F4O2.